The Labute approximate surface area is 183 Å². The first-order valence-electron chi connectivity index (χ1n) is 9.93. The van der Waals surface area contributed by atoms with Crippen LogP contribution in [0.3, 0.4) is 0 Å². The van der Waals surface area contributed by atoms with Crippen LogP contribution in [0, 0.1) is 6.92 Å². The number of aryl methyl sites for hydroxylation is 1. The second-order valence-corrected chi connectivity index (χ2v) is 8.30. The molecule has 1 fully saturated rings. The van der Waals surface area contributed by atoms with E-state index in [1.165, 1.54) is 22.4 Å². The number of aliphatic hydroxyl groups is 1. The molecule has 4 rings (SSSR count). The van der Waals surface area contributed by atoms with Gasteiger partial charge in [-0.15, -0.1) is 11.3 Å². The van der Waals surface area contributed by atoms with Crippen molar-refractivity contribution < 1.29 is 19.4 Å². The van der Waals surface area contributed by atoms with Crippen LogP contribution in [0.2, 0.25) is 0 Å². The summed E-state index contributed by atoms with van der Waals surface area (Å²) in [4.78, 5) is 43.2. The van der Waals surface area contributed by atoms with Crippen molar-refractivity contribution in [1.82, 2.24) is 24.8 Å². The van der Waals surface area contributed by atoms with Gasteiger partial charge in [-0.1, -0.05) is 6.07 Å². The van der Waals surface area contributed by atoms with E-state index in [0.717, 1.165) is 21.5 Å². The van der Waals surface area contributed by atoms with Crippen molar-refractivity contribution in [3.8, 4) is 0 Å². The summed E-state index contributed by atoms with van der Waals surface area (Å²) in [6.45, 7) is 2.97. The molecule has 0 bridgehead atoms. The molecule has 0 spiro atoms. The quantitative estimate of drug-likeness (QED) is 0.642. The molecule has 1 N–H and O–H groups in total. The van der Waals surface area contributed by atoms with Gasteiger partial charge in [0.2, 0.25) is 0 Å². The molecule has 1 aliphatic heterocycles. The highest BCUT2D eigenvalue weighted by Gasteiger charge is 2.33. The van der Waals surface area contributed by atoms with Gasteiger partial charge in [-0.2, -0.15) is 0 Å². The minimum Gasteiger partial charge on any atom is -0.395 e. The largest absolute Gasteiger partial charge is 0.395 e. The maximum atomic E-state index is 13.1. The molecule has 3 aromatic heterocycles. The summed E-state index contributed by atoms with van der Waals surface area (Å²) in [5.41, 5.74) is 1.75. The first kappa shape index (κ1) is 21.3. The van der Waals surface area contributed by atoms with E-state index in [2.05, 4.69) is 15.0 Å². The Hall–Kier alpha value is -2.95. The molecule has 1 atom stereocenters. The Morgan fingerprint density at radius 3 is 2.90 bits per heavy atom. The first-order chi connectivity index (χ1) is 15.0. The molecule has 9 nitrogen and oxygen atoms in total. The second kappa shape index (κ2) is 9.04. The fraction of sp³-hybridized carbons (Fsp3) is 0.381. The van der Waals surface area contributed by atoms with Crippen molar-refractivity contribution in [2.45, 2.75) is 13.0 Å². The fourth-order valence-corrected chi connectivity index (χ4v) is 4.72. The van der Waals surface area contributed by atoms with Crippen LogP contribution in [0.5, 0.6) is 0 Å². The molecule has 0 radical (unpaired) electrons. The van der Waals surface area contributed by atoms with Crippen molar-refractivity contribution in [2.75, 3.05) is 39.9 Å². The number of hydrogen-bond donors (Lipinski definition) is 1. The molecule has 2 amide bonds. The van der Waals surface area contributed by atoms with Crippen LogP contribution in [0.1, 0.15) is 37.5 Å². The van der Waals surface area contributed by atoms with Gasteiger partial charge in [-0.25, -0.2) is 9.97 Å². The van der Waals surface area contributed by atoms with Gasteiger partial charge in [0.1, 0.15) is 21.5 Å². The standard InChI is InChI=1S/C21H23N5O4S/c1-13-10-24-15(11-23-13)20(28)26-7-9-30-16(12-26)17-14-4-3-5-22-19(14)31-18(17)21(29)25(2)6-8-27/h3-5,10-11,16,27H,6-9,12H2,1-2H3/t16-/m1/s1. The molecule has 31 heavy (non-hydrogen) atoms. The number of aliphatic hydroxyl groups excluding tert-OH is 1. The van der Waals surface area contributed by atoms with E-state index >= 15 is 0 Å². The number of aromatic nitrogens is 3. The lowest BCUT2D eigenvalue weighted by atomic mass is 10.0. The predicted octanol–water partition coefficient (Wildman–Crippen LogP) is 1.67. The van der Waals surface area contributed by atoms with Gasteiger partial charge in [-0.05, 0) is 13.0 Å². The Morgan fingerprint density at radius 2 is 2.16 bits per heavy atom. The highest BCUT2D eigenvalue weighted by atomic mass is 32.1. The second-order valence-electron chi connectivity index (χ2n) is 7.30. The molecule has 4 heterocycles. The molecular weight excluding hydrogens is 418 g/mol. The highest BCUT2D eigenvalue weighted by molar-refractivity contribution is 7.20. The molecule has 10 heteroatoms. The van der Waals surface area contributed by atoms with Gasteiger partial charge >= 0.3 is 0 Å². The van der Waals surface area contributed by atoms with E-state index in [9.17, 15) is 14.7 Å². The smallest absolute Gasteiger partial charge is 0.274 e. The predicted molar refractivity (Wildman–Crippen MR) is 115 cm³/mol. The minimum absolute atomic E-state index is 0.124. The number of fused-ring (bicyclic) bond motifs is 1. The maximum Gasteiger partial charge on any atom is 0.274 e. The monoisotopic (exact) mass is 441 g/mol. The van der Waals surface area contributed by atoms with E-state index in [1.807, 2.05) is 19.1 Å². The van der Waals surface area contributed by atoms with Crippen LogP contribution in [0.4, 0.5) is 0 Å². The van der Waals surface area contributed by atoms with Crippen LogP contribution in [-0.2, 0) is 4.74 Å². The van der Waals surface area contributed by atoms with E-state index in [0.29, 0.717) is 24.6 Å². The summed E-state index contributed by atoms with van der Waals surface area (Å²) in [6, 6.07) is 3.73. The lowest BCUT2D eigenvalue weighted by molar-refractivity contribution is -0.0225. The van der Waals surface area contributed by atoms with E-state index < -0.39 is 6.10 Å². The van der Waals surface area contributed by atoms with Gasteiger partial charge in [0, 0.05) is 43.5 Å². The number of hydrogen-bond acceptors (Lipinski definition) is 8. The summed E-state index contributed by atoms with van der Waals surface area (Å²) in [5.74, 6) is -0.424. The summed E-state index contributed by atoms with van der Waals surface area (Å²) < 4.78 is 6.03. The average Bonchev–Trinajstić information content (AvgIpc) is 3.18. The van der Waals surface area contributed by atoms with Crippen molar-refractivity contribution in [1.29, 1.82) is 0 Å². The zero-order valence-corrected chi connectivity index (χ0v) is 18.1. The molecule has 0 aliphatic carbocycles. The van der Waals surface area contributed by atoms with Gasteiger partial charge in [0.25, 0.3) is 11.8 Å². The van der Waals surface area contributed by atoms with Crippen molar-refractivity contribution in [3.05, 3.63) is 52.6 Å². The van der Waals surface area contributed by atoms with E-state index in [1.54, 1.807) is 24.3 Å². The molecule has 162 valence electrons. The number of rotatable bonds is 5. The SMILES string of the molecule is Cc1cnc(C(=O)N2CCO[C@@H](c3c(C(=O)N(C)CCO)sc4ncccc34)C2)cn1. The highest BCUT2D eigenvalue weighted by Crippen LogP contribution is 2.38. The Morgan fingerprint density at radius 1 is 1.32 bits per heavy atom. The number of thiophene rings is 1. The number of morpholine rings is 1. The Balaban J connectivity index is 1.67. The molecule has 0 saturated carbocycles. The molecular formula is C21H23N5O4S. The van der Waals surface area contributed by atoms with Crippen LogP contribution in [0.25, 0.3) is 10.2 Å². The third-order valence-corrected chi connectivity index (χ3v) is 6.27. The summed E-state index contributed by atoms with van der Waals surface area (Å²) in [6.07, 6.45) is 4.25. The zero-order chi connectivity index (χ0) is 22.0. The summed E-state index contributed by atoms with van der Waals surface area (Å²) in [7, 11) is 1.65. The van der Waals surface area contributed by atoms with Crippen LogP contribution in [0.15, 0.2) is 30.7 Å². The Kier molecular flexibility index (Phi) is 6.21. The van der Waals surface area contributed by atoms with E-state index in [4.69, 9.17) is 4.74 Å². The minimum atomic E-state index is -0.476. The first-order valence-corrected chi connectivity index (χ1v) is 10.7. The molecule has 1 aliphatic rings. The molecule has 3 aromatic rings. The molecule has 0 unspecified atom stereocenters. The fourth-order valence-electron chi connectivity index (χ4n) is 3.53. The average molecular weight is 442 g/mol. The number of likely N-dealkylation sites (N-methyl/N-ethyl adjacent to an activating group) is 1. The topological polar surface area (TPSA) is 109 Å². The maximum absolute atomic E-state index is 13.1. The number of ether oxygens (including phenoxy) is 1. The number of carbonyl (C=O) groups is 2. The van der Waals surface area contributed by atoms with Crippen LogP contribution < -0.4 is 0 Å². The van der Waals surface area contributed by atoms with Crippen molar-refractivity contribution >= 4 is 33.4 Å². The lowest BCUT2D eigenvalue weighted by Crippen LogP contribution is -2.43. The number of amides is 2. The number of pyridine rings is 1. The number of nitrogens with zero attached hydrogens (tertiary/aromatic N) is 5. The normalized spacial score (nSPS) is 16.5. The van der Waals surface area contributed by atoms with E-state index in [-0.39, 0.29) is 30.7 Å². The third kappa shape index (κ3) is 4.27. The van der Waals surface area contributed by atoms with Crippen LogP contribution >= 0.6 is 11.3 Å². The van der Waals surface area contributed by atoms with Gasteiger partial charge in [0.05, 0.1) is 31.6 Å². The number of carbonyl (C=O) groups excluding carboxylic acids is 2. The zero-order valence-electron chi connectivity index (χ0n) is 17.3. The van der Waals surface area contributed by atoms with Crippen LogP contribution in [-0.4, -0.2) is 81.6 Å². The lowest BCUT2D eigenvalue weighted by Gasteiger charge is -2.33. The van der Waals surface area contributed by atoms with Crippen molar-refractivity contribution in [3.63, 3.8) is 0 Å². The Bertz CT molecular complexity index is 1100. The van der Waals surface area contributed by atoms with Crippen molar-refractivity contribution in [2.24, 2.45) is 0 Å². The third-order valence-electron chi connectivity index (χ3n) is 5.16. The van der Waals surface area contributed by atoms with Gasteiger partial charge in [-0.3, -0.25) is 14.6 Å². The molecule has 0 aromatic carbocycles. The summed E-state index contributed by atoms with van der Waals surface area (Å²) >= 11 is 1.30. The van der Waals surface area contributed by atoms with Gasteiger partial charge in [0.15, 0.2) is 0 Å². The summed E-state index contributed by atoms with van der Waals surface area (Å²) in [5, 5.41) is 10.1. The van der Waals surface area contributed by atoms with Gasteiger partial charge < -0.3 is 19.6 Å². The molecule has 1 saturated heterocycles.